The molecule has 4 heteroatoms. The molecule has 4 nitrogen and oxygen atoms in total. The molecule has 0 saturated carbocycles. The number of hydrogen-bond acceptors (Lipinski definition) is 4. The molecule has 1 N–H and O–H groups in total. The highest BCUT2D eigenvalue weighted by Gasteiger charge is 2.37. The predicted octanol–water partition coefficient (Wildman–Crippen LogP) is 1.67. The van der Waals surface area contributed by atoms with Gasteiger partial charge in [0.1, 0.15) is 0 Å². The van der Waals surface area contributed by atoms with Crippen molar-refractivity contribution in [2.75, 3.05) is 46.6 Å². The first kappa shape index (κ1) is 15.2. The van der Waals surface area contributed by atoms with Crippen LogP contribution in [-0.2, 0) is 9.47 Å². The van der Waals surface area contributed by atoms with Crippen LogP contribution < -0.4 is 0 Å². The zero-order valence-corrected chi connectivity index (χ0v) is 12.3. The van der Waals surface area contributed by atoms with E-state index in [0.29, 0.717) is 12.6 Å². The summed E-state index contributed by atoms with van der Waals surface area (Å²) in [6.45, 7) is 5.16. The normalized spacial score (nSPS) is 30.6. The minimum absolute atomic E-state index is 0.106. The molecule has 0 spiro atoms. The fourth-order valence-electron chi connectivity index (χ4n) is 3.61. The van der Waals surface area contributed by atoms with Crippen molar-refractivity contribution < 1.29 is 14.6 Å². The van der Waals surface area contributed by atoms with E-state index in [1.807, 2.05) is 0 Å². The minimum atomic E-state index is 0.106. The van der Waals surface area contributed by atoms with Gasteiger partial charge in [0.25, 0.3) is 0 Å². The smallest absolute Gasteiger partial charge is 0.0499 e. The average Bonchev–Trinajstić information content (AvgIpc) is 2.49. The number of rotatable bonds is 6. The molecule has 0 aromatic heterocycles. The van der Waals surface area contributed by atoms with Gasteiger partial charge >= 0.3 is 0 Å². The van der Waals surface area contributed by atoms with E-state index in [1.165, 1.54) is 13.0 Å². The van der Waals surface area contributed by atoms with E-state index in [9.17, 15) is 5.11 Å². The first-order valence-electron chi connectivity index (χ1n) is 7.71. The van der Waals surface area contributed by atoms with Gasteiger partial charge in [-0.2, -0.15) is 0 Å². The van der Waals surface area contributed by atoms with E-state index in [-0.39, 0.29) is 5.41 Å². The molecule has 2 heterocycles. The monoisotopic (exact) mass is 271 g/mol. The predicted molar refractivity (Wildman–Crippen MR) is 75.3 cm³/mol. The molecule has 0 aromatic carbocycles. The molecule has 2 rings (SSSR count). The lowest BCUT2D eigenvalue weighted by Crippen LogP contribution is -2.51. The number of aliphatic hydroxyl groups excluding tert-OH is 1. The Morgan fingerprint density at radius 2 is 2.16 bits per heavy atom. The maximum absolute atomic E-state index is 9.86. The Hall–Kier alpha value is -0.160. The molecule has 19 heavy (non-hydrogen) atoms. The second-order valence-corrected chi connectivity index (χ2v) is 6.17. The van der Waals surface area contributed by atoms with Gasteiger partial charge < -0.3 is 14.6 Å². The summed E-state index contributed by atoms with van der Waals surface area (Å²) >= 11 is 0. The van der Waals surface area contributed by atoms with Gasteiger partial charge in [-0.3, -0.25) is 4.90 Å². The molecule has 1 unspecified atom stereocenters. The van der Waals surface area contributed by atoms with Crippen molar-refractivity contribution in [2.24, 2.45) is 5.41 Å². The van der Waals surface area contributed by atoms with E-state index in [4.69, 9.17) is 9.47 Å². The molecular weight excluding hydrogens is 242 g/mol. The number of likely N-dealkylation sites (tertiary alicyclic amines) is 1. The van der Waals surface area contributed by atoms with Crippen molar-refractivity contribution in [3.63, 3.8) is 0 Å². The average molecular weight is 271 g/mol. The number of aliphatic hydroxyl groups is 1. The van der Waals surface area contributed by atoms with Gasteiger partial charge in [-0.15, -0.1) is 0 Å². The van der Waals surface area contributed by atoms with E-state index in [1.54, 1.807) is 7.11 Å². The van der Waals surface area contributed by atoms with Crippen molar-refractivity contribution >= 4 is 0 Å². The lowest BCUT2D eigenvalue weighted by Gasteiger charge is -2.46. The SMILES string of the molecule is COCCCC1(CO)CCCN(C2CCOCC2)C1. The fraction of sp³-hybridized carbons (Fsp3) is 1.00. The molecule has 2 saturated heterocycles. The highest BCUT2D eigenvalue weighted by molar-refractivity contribution is 4.89. The van der Waals surface area contributed by atoms with Crippen LogP contribution in [0.2, 0.25) is 0 Å². The summed E-state index contributed by atoms with van der Waals surface area (Å²) in [5, 5.41) is 9.86. The number of nitrogens with zero attached hydrogens (tertiary/aromatic N) is 1. The van der Waals surface area contributed by atoms with Crippen LogP contribution in [0, 0.1) is 5.41 Å². The second kappa shape index (κ2) is 7.58. The van der Waals surface area contributed by atoms with Crippen molar-refractivity contribution in [3.8, 4) is 0 Å². The van der Waals surface area contributed by atoms with Crippen molar-refractivity contribution in [3.05, 3.63) is 0 Å². The van der Waals surface area contributed by atoms with Crippen LogP contribution in [0.1, 0.15) is 38.5 Å². The Morgan fingerprint density at radius 1 is 1.37 bits per heavy atom. The molecule has 112 valence electrons. The highest BCUT2D eigenvalue weighted by Crippen LogP contribution is 2.36. The molecule has 1 atom stereocenters. The standard InChI is InChI=1S/C15H29NO3/c1-18-9-3-7-15(13-17)6-2-8-16(12-15)14-4-10-19-11-5-14/h14,17H,2-13H2,1H3. The van der Waals surface area contributed by atoms with Gasteiger partial charge in [0.05, 0.1) is 0 Å². The largest absolute Gasteiger partial charge is 0.396 e. The Bertz CT molecular complexity index is 256. The van der Waals surface area contributed by atoms with Crippen LogP contribution >= 0.6 is 0 Å². The van der Waals surface area contributed by atoms with Crippen molar-refractivity contribution in [2.45, 2.75) is 44.6 Å². The van der Waals surface area contributed by atoms with Crippen LogP contribution in [0.5, 0.6) is 0 Å². The second-order valence-electron chi connectivity index (χ2n) is 6.17. The number of piperidine rings is 1. The van der Waals surface area contributed by atoms with Gasteiger partial charge in [-0.25, -0.2) is 0 Å². The minimum Gasteiger partial charge on any atom is -0.396 e. The van der Waals surface area contributed by atoms with Crippen LogP contribution in [0.15, 0.2) is 0 Å². The summed E-state index contributed by atoms with van der Waals surface area (Å²) in [6, 6.07) is 0.669. The van der Waals surface area contributed by atoms with Gasteiger partial charge in [0, 0.05) is 51.5 Å². The van der Waals surface area contributed by atoms with Crippen molar-refractivity contribution in [1.29, 1.82) is 0 Å². The van der Waals surface area contributed by atoms with E-state index in [2.05, 4.69) is 4.90 Å². The lowest BCUT2D eigenvalue weighted by atomic mass is 9.76. The molecule has 0 bridgehead atoms. The third kappa shape index (κ3) is 4.15. The molecule has 2 aliphatic heterocycles. The molecular formula is C15H29NO3. The van der Waals surface area contributed by atoms with Gasteiger partial charge in [-0.1, -0.05) is 0 Å². The zero-order valence-electron chi connectivity index (χ0n) is 12.3. The van der Waals surface area contributed by atoms with Crippen LogP contribution in [0.25, 0.3) is 0 Å². The Kier molecular flexibility index (Phi) is 6.07. The summed E-state index contributed by atoms with van der Waals surface area (Å²) in [6.07, 6.45) is 6.81. The molecule has 2 aliphatic rings. The van der Waals surface area contributed by atoms with Crippen LogP contribution in [0.4, 0.5) is 0 Å². The van der Waals surface area contributed by atoms with Gasteiger partial charge in [0.15, 0.2) is 0 Å². The molecule has 0 radical (unpaired) electrons. The van der Waals surface area contributed by atoms with Crippen LogP contribution in [-0.4, -0.2) is 62.7 Å². The zero-order chi connectivity index (χ0) is 13.6. The molecule has 0 aromatic rings. The summed E-state index contributed by atoms with van der Waals surface area (Å²) < 4.78 is 10.6. The van der Waals surface area contributed by atoms with Crippen LogP contribution in [0.3, 0.4) is 0 Å². The van der Waals surface area contributed by atoms with Gasteiger partial charge in [-0.05, 0) is 45.1 Å². The number of ether oxygens (including phenoxy) is 2. The lowest BCUT2D eigenvalue weighted by molar-refractivity contribution is -0.0287. The van der Waals surface area contributed by atoms with E-state index < -0.39 is 0 Å². The maximum Gasteiger partial charge on any atom is 0.0499 e. The first-order chi connectivity index (χ1) is 9.29. The fourth-order valence-corrected chi connectivity index (χ4v) is 3.61. The van der Waals surface area contributed by atoms with E-state index >= 15 is 0 Å². The van der Waals surface area contributed by atoms with Gasteiger partial charge in [0.2, 0.25) is 0 Å². The summed E-state index contributed by atoms with van der Waals surface area (Å²) in [5.41, 5.74) is 0.106. The maximum atomic E-state index is 9.86. The Morgan fingerprint density at radius 3 is 2.84 bits per heavy atom. The highest BCUT2D eigenvalue weighted by atomic mass is 16.5. The Balaban J connectivity index is 1.89. The van der Waals surface area contributed by atoms with E-state index in [0.717, 1.165) is 58.5 Å². The third-order valence-corrected chi connectivity index (χ3v) is 4.79. The molecule has 0 aliphatic carbocycles. The molecule has 2 fully saturated rings. The summed E-state index contributed by atoms with van der Waals surface area (Å²) in [4.78, 5) is 2.61. The number of methoxy groups -OCH3 is 1. The Labute approximate surface area is 117 Å². The summed E-state index contributed by atoms with van der Waals surface area (Å²) in [5.74, 6) is 0. The quantitative estimate of drug-likeness (QED) is 0.746. The first-order valence-corrected chi connectivity index (χ1v) is 7.71. The molecule has 0 amide bonds. The van der Waals surface area contributed by atoms with Crippen molar-refractivity contribution in [1.82, 2.24) is 4.90 Å². The number of hydrogen-bond donors (Lipinski definition) is 1. The summed E-state index contributed by atoms with van der Waals surface area (Å²) in [7, 11) is 1.75. The topological polar surface area (TPSA) is 41.9 Å². The third-order valence-electron chi connectivity index (χ3n) is 4.79.